The zero-order chi connectivity index (χ0) is 23.1. The Hall–Kier alpha value is -3.50. The van der Waals surface area contributed by atoms with Crippen LogP contribution in [0, 0.1) is 5.41 Å². The summed E-state index contributed by atoms with van der Waals surface area (Å²) >= 11 is 6.24. The Morgan fingerprint density at radius 1 is 1.12 bits per heavy atom. The molecule has 6 N–H and O–H groups in total. The molecule has 11 heteroatoms. The summed E-state index contributed by atoms with van der Waals surface area (Å²) in [6.45, 7) is 0. The molecule has 4 rings (SSSR count). The number of nitrogens with two attached hydrogens (primary N) is 2. The van der Waals surface area contributed by atoms with Gasteiger partial charge in [0.05, 0.1) is 15.6 Å². The van der Waals surface area contributed by atoms with Crippen LogP contribution >= 0.6 is 11.6 Å². The lowest BCUT2D eigenvalue weighted by Gasteiger charge is -2.18. The van der Waals surface area contributed by atoms with E-state index in [0.29, 0.717) is 35.3 Å². The van der Waals surface area contributed by atoms with Gasteiger partial charge in [-0.25, -0.2) is 23.2 Å². The number of anilines is 2. The van der Waals surface area contributed by atoms with Crippen molar-refractivity contribution in [3.05, 3.63) is 64.8 Å². The molecule has 1 saturated carbocycles. The van der Waals surface area contributed by atoms with E-state index < -0.39 is 20.6 Å². The number of nitrogens with zero attached hydrogens (tertiary/aromatic N) is 2. The molecule has 0 spiro atoms. The van der Waals surface area contributed by atoms with E-state index in [9.17, 15) is 13.2 Å². The summed E-state index contributed by atoms with van der Waals surface area (Å²) in [5, 5.41) is 9.83. The summed E-state index contributed by atoms with van der Waals surface area (Å²) in [5.74, 6) is 0.397. The normalized spacial score (nSPS) is 14.5. The van der Waals surface area contributed by atoms with Crippen molar-refractivity contribution >= 4 is 45.2 Å². The second-order valence-corrected chi connectivity index (χ2v) is 10.0. The molecule has 1 heterocycles. The van der Waals surface area contributed by atoms with E-state index in [-0.39, 0.29) is 21.6 Å². The minimum absolute atomic E-state index is 0.0112. The Morgan fingerprint density at radius 3 is 2.38 bits per heavy atom. The molecule has 0 unspecified atom stereocenters. The molecule has 1 fully saturated rings. The van der Waals surface area contributed by atoms with E-state index in [1.165, 1.54) is 24.3 Å². The Morgan fingerprint density at radius 2 is 1.81 bits per heavy atom. The topological polar surface area (TPSA) is 165 Å². The molecule has 1 aliphatic carbocycles. The van der Waals surface area contributed by atoms with Gasteiger partial charge in [-0.05, 0) is 54.8 Å². The summed E-state index contributed by atoms with van der Waals surface area (Å²) in [7, 11) is -3.89. The maximum atomic E-state index is 13.5. The number of carbonyl (C=O) groups is 1. The number of amides is 2. The van der Waals surface area contributed by atoms with Gasteiger partial charge in [-0.2, -0.15) is 0 Å². The third kappa shape index (κ3) is 3.78. The number of rotatable bonds is 6. The molecular formula is C21H19ClN6O3S. The van der Waals surface area contributed by atoms with Crippen molar-refractivity contribution in [3.63, 3.8) is 0 Å². The highest BCUT2D eigenvalue weighted by molar-refractivity contribution is 7.92. The van der Waals surface area contributed by atoms with Crippen LogP contribution in [0.15, 0.2) is 53.4 Å². The highest BCUT2D eigenvalue weighted by Gasteiger charge is 2.58. The lowest BCUT2D eigenvalue weighted by Crippen LogP contribution is -2.23. The van der Waals surface area contributed by atoms with E-state index >= 15 is 0 Å². The van der Waals surface area contributed by atoms with Gasteiger partial charge in [0.1, 0.15) is 10.6 Å². The molecular weight excluding hydrogens is 452 g/mol. The lowest BCUT2D eigenvalue weighted by molar-refractivity contribution is 0.259. The first kappa shape index (κ1) is 21.7. The molecule has 1 aliphatic rings. The van der Waals surface area contributed by atoms with Crippen molar-refractivity contribution in [2.24, 2.45) is 5.73 Å². The maximum absolute atomic E-state index is 13.5. The molecule has 0 atom stereocenters. The quantitative estimate of drug-likeness (QED) is 0.403. The molecule has 0 saturated heterocycles. The monoisotopic (exact) mass is 470 g/mol. The van der Waals surface area contributed by atoms with Crippen LogP contribution in [0.5, 0.6) is 0 Å². The number of nitrogen functional groups attached to an aromatic ring is 1. The maximum Gasteiger partial charge on any atom is 0.316 e. The number of nitrogens with one attached hydrogen (secondary N) is 2. The number of primary amides is 1. The molecule has 1 aromatic heterocycles. The van der Waals surface area contributed by atoms with Crippen LogP contribution in [0.3, 0.4) is 0 Å². The van der Waals surface area contributed by atoms with E-state index in [1.807, 2.05) is 0 Å². The van der Waals surface area contributed by atoms with E-state index in [1.54, 1.807) is 24.3 Å². The fourth-order valence-corrected chi connectivity index (χ4v) is 5.98. The smallest absolute Gasteiger partial charge is 0.316 e. The molecule has 0 bridgehead atoms. The van der Waals surface area contributed by atoms with Crippen molar-refractivity contribution in [3.8, 4) is 11.4 Å². The van der Waals surface area contributed by atoms with Gasteiger partial charge in [0.2, 0.25) is 0 Å². The van der Waals surface area contributed by atoms with E-state index in [0.717, 1.165) is 6.21 Å². The Kier molecular flexibility index (Phi) is 5.35. The van der Waals surface area contributed by atoms with Gasteiger partial charge >= 0.3 is 6.03 Å². The van der Waals surface area contributed by atoms with Gasteiger partial charge in [0, 0.05) is 23.5 Å². The second-order valence-electron chi connectivity index (χ2n) is 7.40. The van der Waals surface area contributed by atoms with Gasteiger partial charge in [-0.1, -0.05) is 17.7 Å². The van der Waals surface area contributed by atoms with Crippen molar-refractivity contribution < 1.29 is 13.2 Å². The summed E-state index contributed by atoms with van der Waals surface area (Å²) in [4.78, 5) is 19.7. The zero-order valence-electron chi connectivity index (χ0n) is 16.7. The number of benzene rings is 2. The van der Waals surface area contributed by atoms with Gasteiger partial charge in [-0.3, -0.25) is 0 Å². The van der Waals surface area contributed by atoms with Crippen LogP contribution in [0.4, 0.5) is 16.3 Å². The molecule has 2 aromatic carbocycles. The average molecular weight is 471 g/mol. The van der Waals surface area contributed by atoms with Crippen LogP contribution in [0.25, 0.3) is 11.4 Å². The SMILES string of the molecule is N=Cc1ccc(S(=O)(=O)C2(c3cc(N)nc(-c4ccc(NC(N)=O)cc4)n3)CC2)c(Cl)c1. The van der Waals surface area contributed by atoms with Crippen LogP contribution in [-0.2, 0) is 14.6 Å². The first-order valence-corrected chi connectivity index (χ1v) is 11.4. The van der Waals surface area contributed by atoms with Crippen LogP contribution < -0.4 is 16.8 Å². The zero-order valence-corrected chi connectivity index (χ0v) is 18.2. The van der Waals surface area contributed by atoms with Gasteiger partial charge in [-0.15, -0.1) is 0 Å². The largest absolute Gasteiger partial charge is 0.384 e. The fourth-order valence-electron chi connectivity index (χ4n) is 3.48. The van der Waals surface area contributed by atoms with Crippen LogP contribution in [-0.4, -0.2) is 30.6 Å². The standard InChI is InChI=1S/C21H19ClN6O3S/c22-15-9-12(11-23)1-6-16(15)32(30,31)21(7-8-21)17-10-18(24)28-19(27-17)13-2-4-14(5-3-13)26-20(25)29/h1-6,9-11,23H,7-8H2,(H2,24,27,28)(H3,25,26,29). The first-order chi connectivity index (χ1) is 15.2. The number of urea groups is 1. The number of carbonyl (C=O) groups excluding carboxylic acids is 1. The number of hydrogen-bond acceptors (Lipinski definition) is 7. The summed E-state index contributed by atoms with van der Waals surface area (Å²) in [5.41, 5.74) is 13.0. The van der Waals surface area contributed by atoms with Gasteiger partial charge < -0.3 is 22.2 Å². The minimum atomic E-state index is -3.89. The number of aromatic nitrogens is 2. The third-order valence-corrected chi connectivity index (χ3v) is 8.26. The van der Waals surface area contributed by atoms with E-state index in [2.05, 4.69) is 15.3 Å². The van der Waals surface area contributed by atoms with E-state index in [4.69, 9.17) is 28.5 Å². The fraction of sp³-hybridized carbons (Fsp3) is 0.143. The predicted molar refractivity (Wildman–Crippen MR) is 123 cm³/mol. The molecule has 0 radical (unpaired) electrons. The molecule has 9 nitrogen and oxygen atoms in total. The van der Waals surface area contributed by atoms with Gasteiger partial charge in [0.25, 0.3) is 0 Å². The summed E-state index contributed by atoms with van der Waals surface area (Å²) in [6.07, 6.45) is 1.83. The van der Waals surface area contributed by atoms with Crippen molar-refractivity contribution in [1.29, 1.82) is 5.41 Å². The summed E-state index contributed by atoms with van der Waals surface area (Å²) < 4.78 is 25.9. The lowest BCUT2D eigenvalue weighted by atomic mass is 10.1. The van der Waals surface area contributed by atoms with Crippen molar-refractivity contribution in [2.75, 3.05) is 11.1 Å². The van der Waals surface area contributed by atoms with Crippen molar-refractivity contribution in [1.82, 2.24) is 9.97 Å². The highest BCUT2D eigenvalue weighted by atomic mass is 35.5. The second kappa shape index (κ2) is 7.88. The molecule has 3 aromatic rings. The molecule has 32 heavy (non-hydrogen) atoms. The molecule has 164 valence electrons. The van der Waals surface area contributed by atoms with Crippen LogP contribution in [0.1, 0.15) is 24.1 Å². The Labute approximate surface area is 189 Å². The average Bonchev–Trinajstić information content (AvgIpc) is 3.56. The Bertz CT molecular complexity index is 1340. The van der Waals surface area contributed by atoms with Crippen molar-refractivity contribution in [2.45, 2.75) is 22.5 Å². The molecule has 2 amide bonds. The number of hydrogen-bond donors (Lipinski definition) is 4. The highest BCUT2D eigenvalue weighted by Crippen LogP contribution is 2.55. The number of halogens is 1. The minimum Gasteiger partial charge on any atom is -0.384 e. The first-order valence-electron chi connectivity index (χ1n) is 9.53. The molecule has 0 aliphatic heterocycles. The van der Waals surface area contributed by atoms with Crippen LogP contribution in [0.2, 0.25) is 5.02 Å². The van der Waals surface area contributed by atoms with Gasteiger partial charge in [0.15, 0.2) is 15.7 Å². The Balaban J connectivity index is 1.75. The number of sulfone groups is 1. The summed E-state index contributed by atoms with van der Waals surface area (Å²) in [6, 6.07) is 11.8. The predicted octanol–water partition coefficient (Wildman–Crippen LogP) is 3.33. The third-order valence-electron chi connectivity index (χ3n) is 5.25.